The molecule has 0 atom stereocenters. The van der Waals surface area contributed by atoms with Gasteiger partial charge >= 0.3 is 0 Å². The van der Waals surface area contributed by atoms with Crippen molar-refractivity contribution in [2.45, 2.75) is 37.7 Å². The number of hydrogen-bond acceptors (Lipinski definition) is 1. The third-order valence-corrected chi connectivity index (χ3v) is 3.38. The number of benzene rings is 1. The van der Waals surface area contributed by atoms with Gasteiger partial charge in [-0.15, -0.1) is 0 Å². The molecule has 1 fully saturated rings. The van der Waals surface area contributed by atoms with Gasteiger partial charge in [-0.2, -0.15) is 0 Å². The van der Waals surface area contributed by atoms with Gasteiger partial charge in [0.1, 0.15) is 0 Å². The molecule has 1 saturated carbocycles. The maximum atomic E-state index is 10.1. The molecule has 1 aliphatic carbocycles. The Kier molecular flexibility index (Phi) is 1.74. The molecule has 0 spiro atoms. The van der Waals surface area contributed by atoms with Crippen LogP contribution in [-0.4, -0.2) is 10.7 Å². The fourth-order valence-corrected chi connectivity index (χ4v) is 1.87. The van der Waals surface area contributed by atoms with Crippen molar-refractivity contribution in [2.75, 3.05) is 0 Å². The molecular weight excluding hydrogens is 160 g/mol. The molecule has 1 N–H and O–H groups in total. The summed E-state index contributed by atoms with van der Waals surface area (Å²) in [6.07, 6.45) is 1.88. The topological polar surface area (TPSA) is 20.2 Å². The van der Waals surface area contributed by atoms with Crippen LogP contribution in [0.1, 0.15) is 32.3 Å². The Balaban J connectivity index is 2.35. The molecule has 0 aromatic heterocycles. The number of aliphatic hydroxyl groups is 1. The summed E-state index contributed by atoms with van der Waals surface area (Å²) in [7, 11) is 0. The highest BCUT2D eigenvalue weighted by Gasteiger charge is 2.53. The highest BCUT2D eigenvalue weighted by Crippen LogP contribution is 2.50. The van der Waals surface area contributed by atoms with Gasteiger partial charge in [0.25, 0.3) is 0 Å². The molecule has 0 aliphatic heterocycles. The van der Waals surface area contributed by atoms with Crippen LogP contribution >= 0.6 is 0 Å². The van der Waals surface area contributed by atoms with Crippen LogP contribution < -0.4 is 0 Å². The molecule has 1 heteroatoms. The molecule has 13 heavy (non-hydrogen) atoms. The van der Waals surface area contributed by atoms with Crippen molar-refractivity contribution in [3.05, 3.63) is 35.9 Å². The summed E-state index contributed by atoms with van der Waals surface area (Å²) < 4.78 is 0. The Labute approximate surface area is 79.4 Å². The van der Waals surface area contributed by atoms with Gasteiger partial charge in [-0.1, -0.05) is 44.2 Å². The van der Waals surface area contributed by atoms with Crippen LogP contribution in [0.25, 0.3) is 0 Å². The molecule has 0 bridgehead atoms. The van der Waals surface area contributed by atoms with Crippen molar-refractivity contribution in [1.29, 1.82) is 0 Å². The minimum absolute atomic E-state index is 0.103. The van der Waals surface area contributed by atoms with E-state index in [-0.39, 0.29) is 5.41 Å². The molecule has 1 aromatic carbocycles. The van der Waals surface area contributed by atoms with Gasteiger partial charge in [0.05, 0.1) is 5.60 Å². The van der Waals surface area contributed by atoms with Crippen molar-refractivity contribution >= 4 is 0 Å². The highest BCUT2D eigenvalue weighted by molar-refractivity contribution is 5.30. The largest absolute Gasteiger partial charge is 0.389 e. The Bertz CT molecular complexity index is 296. The Hall–Kier alpha value is -0.820. The average Bonchev–Trinajstić information content (AvgIpc) is 2.87. The zero-order chi connectivity index (χ0) is 9.53. The second kappa shape index (κ2) is 2.58. The normalized spacial score (nSPS) is 19.9. The zero-order valence-electron chi connectivity index (χ0n) is 8.25. The van der Waals surface area contributed by atoms with E-state index in [4.69, 9.17) is 0 Å². The van der Waals surface area contributed by atoms with Crippen LogP contribution in [-0.2, 0) is 5.41 Å². The van der Waals surface area contributed by atoms with Crippen LogP contribution in [0.4, 0.5) is 0 Å². The van der Waals surface area contributed by atoms with Crippen LogP contribution in [0, 0.1) is 0 Å². The maximum absolute atomic E-state index is 10.1. The average molecular weight is 176 g/mol. The minimum atomic E-state index is -0.450. The van der Waals surface area contributed by atoms with Gasteiger partial charge in [0, 0.05) is 5.41 Å². The number of rotatable bonds is 2. The fraction of sp³-hybridized carbons (Fsp3) is 0.500. The van der Waals surface area contributed by atoms with Gasteiger partial charge in [0.15, 0.2) is 0 Å². The first-order valence-electron chi connectivity index (χ1n) is 4.84. The Morgan fingerprint density at radius 3 is 2.15 bits per heavy atom. The van der Waals surface area contributed by atoms with Crippen molar-refractivity contribution in [2.24, 2.45) is 0 Å². The summed E-state index contributed by atoms with van der Waals surface area (Å²) in [4.78, 5) is 0. The minimum Gasteiger partial charge on any atom is -0.389 e. The quantitative estimate of drug-likeness (QED) is 0.734. The van der Waals surface area contributed by atoms with E-state index < -0.39 is 5.60 Å². The SMILES string of the molecule is CC(C)(c1ccccc1)C1(O)CC1. The first kappa shape index (κ1) is 8.76. The lowest BCUT2D eigenvalue weighted by atomic mass is 9.77. The van der Waals surface area contributed by atoms with Gasteiger partial charge in [-0.25, -0.2) is 0 Å². The lowest BCUT2D eigenvalue weighted by Crippen LogP contribution is -2.35. The molecule has 2 rings (SSSR count). The molecule has 0 unspecified atom stereocenters. The summed E-state index contributed by atoms with van der Waals surface area (Å²) in [5.74, 6) is 0. The van der Waals surface area contributed by atoms with Crippen molar-refractivity contribution < 1.29 is 5.11 Å². The predicted octanol–water partition coefficient (Wildman–Crippen LogP) is 2.49. The lowest BCUT2D eigenvalue weighted by molar-refractivity contribution is 0.0740. The van der Waals surface area contributed by atoms with E-state index in [1.54, 1.807) is 0 Å². The lowest BCUT2D eigenvalue weighted by Gasteiger charge is -2.31. The first-order valence-corrected chi connectivity index (χ1v) is 4.84. The van der Waals surface area contributed by atoms with E-state index in [0.29, 0.717) is 0 Å². The number of hydrogen-bond donors (Lipinski definition) is 1. The second-order valence-electron chi connectivity index (χ2n) is 4.52. The van der Waals surface area contributed by atoms with Crippen molar-refractivity contribution in [3.8, 4) is 0 Å². The van der Waals surface area contributed by atoms with Crippen LogP contribution in [0.2, 0.25) is 0 Å². The smallest absolute Gasteiger partial charge is 0.0740 e. The van der Waals surface area contributed by atoms with E-state index in [0.717, 1.165) is 12.8 Å². The summed E-state index contributed by atoms with van der Waals surface area (Å²) in [5, 5.41) is 10.1. The van der Waals surface area contributed by atoms with E-state index in [1.165, 1.54) is 5.56 Å². The zero-order valence-corrected chi connectivity index (χ0v) is 8.25. The van der Waals surface area contributed by atoms with Crippen molar-refractivity contribution in [1.82, 2.24) is 0 Å². The fourth-order valence-electron chi connectivity index (χ4n) is 1.87. The van der Waals surface area contributed by atoms with E-state index >= 15 is 0 Å². The van der Waals surface area contributed by atoms with Crippen molar-refractivity contribution in [3.63, 3.8) is 0 Å². The van der Waals surface area contributed by atoms with Crippen LogP contribution in [0.5, 0.6) is 0 Å². The Morgan fingerprint density at radius 2 is 1.69 bits per heavy atom. The molecule has 0 heterocycles. The predicted molar refractivity (Wildman–Crippen MR) is 53.7 cm³/mol. The van der Waals surface area contributed by atoms with Gasteiger partial charge in [0.2, 0.25) is 0 Å². The van der Waals surface area contributed by atoms with Crippen LogP contribution in [0.3, 0.4) is 0 Å². The molecule has 1 aromatic rings. The molecule has 0 amide bonds. The standard InChI is InChI=1S/C12H16O/c1-11(2,12(13)8-9-12)10-6-4-3-5-7-10/h3-7,13H,8-9H2,1-2H3. The van der Waals surface area contributed by atoms with Gasteiger partial charge in [-0.3, -0.25) is 0 Å². The molecule has 70 valence electrons. The van der Waals surface area contributed by atoms with E-state index in [1.807, 2.05) is 18.2 Å². The summed E-state index contributed by atoms with van der Waals surface area (Å²) >= 11 is 0. The van der Waals surface area contributed by atoms with E-state index in [2.05, 4.69) is 26.0 Å². The van der Waals surface area contributed by atoms with E-state index in [9.17, 15) is 5.11 Å². The second-order valence-corrected chi connectivity index (χ2v) is 4.52. The Morgan fingerprint density at radius 1 is 1.15 bits per heavy atom. The maximum Gasteiger partial charge on any atom is 0.0740 e. The summed E-state index contributed by atoms with van der Waals surface area (Å²) in [6.45, 7) is 4.24. The van der Waals surface area contributed by atoms with Gasteiger partial charge < -0.3 is 5.11 Å². The summed E-state index contributed by atoms with van der Waals surface area (Å²) in [6, 6.07) is 10.3. The third-order valence-electron chi connectivity index (χ3n) is 3.38. The highest BCUT2D eigenvalue weighted by atomic mass is 16.3. The third kappa shape index (κ3) is 1.28. The first-order chi connectivity index (χ1) is 6.06. The molecule has 0 radical (unpaired) electrons. The van der Waals surface area contributed by atoms with Gasteiger partial charge in [-0.05, 0) is 18.4 Å². The molecule has 1 aliphatic rings. The van der Waals surface area contributed by atoms with Crippen LogP contribution in [0.15, 0.2) is 30.3 Å². The summed E-state index contributed by atoms with van der Waals surface area (Å²) in [5.41, 5.74) is 0.679. The molecule has 1 nitrogen and oxygen atoms in total. The molecular formula is C12H16O. The monoisotopic (exact) mass is 176 g/mol. The molecule has 0 saturated heterocycles.